The van der Waals surface area contributed by atoms with Crippen LogP contribution in [-0.2, 0) is 0 Å². The van der Waals surface area contributed by atoms with E-state index in [1.807, 2.05) is 0 Å². The topological polar surface area (TPSA) is 33.5 Å². The first-order valence-electron chi connectivity index (χ1n) is 6.20. The number of Topliss-reactive ketones (excluding diaryl/α,β-unsaturated/α-hetero) is 1. The standard InChI is InChI=1S/C14H14F3NO2/c1-2-18(9-14(15,16)17)8-11(19)13-7-10-5-3-4-6-12(10)20-13/h3-7H,2,8-9H2,1H3. The molecule has 1 aromatic heterocycles. The van der Waals surface area contributed by atoms with Gasteiger partial charge in [-0.15, -0.1) is 0 Å². The second-order valence-electron chi connectivity index (χ2n) is 4.49. The molecular formula is C14H14F3NO2. The van der Waals surface area contributed by atoms with E-state index in [1.54, 1.807) is 37.3 Å². The zero-order valence-electron chi connectivity index (χ0n) is 10.9. The summed E-state index contributed by atoms with van der Waals surface area (Å²) >= 11 is 0. The molecule has 0 aliphatic heterocycles. The molecule has 2 rings (SSSR count). The maximum absolute atomic E-state index is 12.3. The van der Waals surface area contributed by atoms with Crippen molar-refractivity contribution in [1.82, 2.24) is 4.90 Å². The van der Waals surface area contributed by atoms with E-state index >= 15 is 0 Å². The number of furan rings is 1. The zero-order valence-corrected chi connectivity index (χ0v) is 10.9. The van der Waals surface area contributed by atoms with Crippen LogP contribution in [0.1, 0.15) is 17.5 Å². The van der Waals surface area contributed by atoms with Crippen molar-refractivity contribution in [2.24, 2.45) is 0 Å². The van der Waals surface area contributed by atoms with Gasteiger partial charge in [0.25, 0.3) is 0 Å². The van der Waals surface area contributed by atoms with Crippen LogP contribution in [0.3, 0.4) is 0 Å². The fourth-order valence-corrected chi connectivity index (χ4v) is 1.93. The van der Waals surface area contributed by atoms with Gasteiger partial charge in [0.15, 0.2) is 5.76 Å². The number of likely N-dealkylation sites (N-methyl/N-ethyl adjacent to an activating group) is 1. The normalized spacial score (nSPS) is 12.2. The van der Waals surface area contributed by atoms with E-state index in [4.69, 9.17) is 4.42 Å². The van der Waals surface area contributed by atoms with Crippen LogP contribution in [0.25, 0.3) is 11.0 Å². The third kappa shape index (κ3) is 3.60. The molecule has 0 bridgehead atoms. The first kappa shape index (κ1) is 14.6. The van der Waals surface area contributed by atoms with Crippen LogP contribution in [0, 0.1) is 0 Å². The molecule has 20 heavy (non-hydrogen) atoms. The molecule has 0 saturated heterocycles. The third-order valence-electron chi connectivity index (χ3n) is 2.92. The van der Waals surface area contributed by atoms with Crippen LogP contribution < -0.4 is 0 Å². The molecule has 0 fully saturated rings. The van der Waals surface area contributed by atoms with E-state index in [0.29, 0.717) is 5.58 Å². The summed E-state index contributed by atoms with van der Waals surface area (Å²) in [5.74, 6) is -0.362. The molecule has 0 amide bonds. The molecule has 0 radical (unpaired) electrons. The van der Waals surface area contributed by atoms with E-state index < -0.39 is 18.5 Å². The minimum atomic E-state index is -4.32. The summed E-state index contributed by atoms with van der Waals surface area (Å²) in [4.78, 5) is 13.0. The number of carbonyl (C=O) groups excluding carboxylic acids is 1. The Hall–Kier alpha value is -1.82. The number of carbonyl (C=O) groups is 1. The van der Waals surface area contributed by atoms with E-state index in [2.05, 4.69) is 0 Å². The first-order valence-corrected chi connectivity index (χ1v) is 6.20. The lowest BCUT2D eigenvalue weighted by atomic mass is 10.2. The van der Waals surface area contributed by atoms with Crippen molar-refractivity contribution in [3.63, 3.8) is 0 Å². The van der Waals surface area contributed by atoms with Crippen molar-refractivity contribution in [1.29, 1.82) is 0 Å². The van der Waals surface area contributed by atoms with Crippen LogP contribution >= 0.6 is 0 Å². The summed E-state index contributed by atoms with van der Waals surface area (Å²) < 4.78 is 42.4. The van der Waals surface area contributed by atoms with Crippen molar-refractivity contribution < 1.29 is 22.4 Å². The zero-order chi connectivity index (χ0) is 14.8. The number of alkyl halides is 3. The van der Waals surface area contributed by atoms with E-state index in [1.165, 1.54) is 0 Å². The SMILES string of the molecule is CCN(CC(=O)c1cc2ccccc2o1)CC(F)(F)F. The monoisotopic (exact) mass is 285 g/mol. The average Bonchev–Trinajstić information content (AvgIpc) is 2.80. The predicted molar refractivity (Wildman–Crippen MR) is 68.7 cm³/mol. The molecular weight excluding hydrogens is 271 g/mol. The van der Waals surface area contributed by atoms with E-state index in [9.17, 15) is 18.0 Å². The van der Waals surface area contributed by atoms with Gasteiger partial charge >= 0.3 is 6.18 Å². The lowest BCUT2D eigenvalue weighted by Gasteiger charge is -2.20. The highest BCUT2D eigenvalue weighted by atomic mass is 19.4. The Morgan fingerprint density at radius 3 is 2.60 bits per heavy atom. The van der Waals surface area contributed by atoms with Gasteiger partial charge in [-0.25, -0.2) is 0 Å². The van der Waals surface area contributed by atoms with Gasteiger partial charge in [-0.3, -0.25) is 9.69 Å². The molecule has 3 nitrogen and oxygen atoms in total. The summed E-state index contributed by atoms with van der Waals surface area (Å²) in [6.45, 7) is 0.314. The maximum Gasteiger partial charge on any atom is 0.401 e. The molecule has 0 atom stereocenters. The number of fused-ring (bicyclic) bond motifs is 1. The number of rotatable bonds is 5. The molecule has 0 N–H and O–H groups in total. The molecule has 2 aromatic rings. The van der Waals surface area contributed by atoms with E-state index in [-0.39, 0.29) is 18.8 Å². The fraction of sp³-hybridized carbons (Fsp3) is 0.357. The van der Waals surface area contributed by atoms with Gasteiger partial charge in [-0.05, 0) is 18.7 Å². The molecule has 1 aromatic carbocycles. The summed E-state index contributed by atoms with van der Waals surface area (Å²) in [5.41, 5.74) is 0.551. The minimum Gasteiger partial charge on any atom is -0.453 e. The predicted octanol–water partition coefficient (Wildman–Crippen LogP) is 3.50. The molecule has 108 valence electrons. The highest BCUT2D eigenvalue weighted by Crippen LogP contribution is 2.20. The fourth-order valence-electron chi connectivity index (χ4n) is 1.93. The highest BCUT2D eigenvalue weighted by molar-refractivity contribution is 5.98. The van der Waals surface area contributed by atoms with Crippen LogP contribution in [-0.4, -0.2) is 36.5 Å². The van der Waals surface area contributed by atoms with Crippen LogP contribution in [0.15, 0.2) is 34.7 Å². The number of hydrogen-bond donors (Lipinski definition) is 0. The molecule has 1 heterocycles. The van der Waals surface area contributed by atoms with Gasteiger partial charge in [0.1, 0.15) is 5.58 Å². The maximum atomic E-state index is 12.3. The number of para-hydroxylation sites is 1. The highest BCUT2D eigenvalue weighted by Gasteiger charge is 2.31. The summed E-state index contributed by atoms with van der Waals surface area (Å²) in [6, 6.07) is 8.61. The largest absolute Gasteiger partial charge is 0.453 e. The van der Waals surface area contributed by atoms with Gasteiger partial charge in [0, 0.05) is 5.39 Å². The van der Waals surface area contributed by atoms with Crippen LogP contribution in [0.5, 0.6) is 0 Å². The Kier molecular flexibility index (Phi) is 4.13. The van der Waals surface area contributed by atoms with Gasteiger partial charge in [0.05, 0.1) is 13.1 Å². The van der Waals surface area contributed by atoms with Gasteiger partial charge in [0.2, 0.25) is 5.78 Å². The number of nitrogens with zero attached hydrogens (tertiary/aromatic N) is 1. The molecule has 0 aliphatic carbocycles. The Bertz CT molecular complexity index is 571. The van der Waals surface area contributed by atoms with Gasteiger partial charge in [-0.1, -0.05) is 25.1 Å². The second-order valence-corrected chi connectivity index (χ2v) is 4.49. The minimum absolute atomic E-state index is 0.0897. The number of ketones is 1. The Balaban J connectivity index is 2.10. The summed E-state index contributed by atoms with van der Waals surface area (Å²) in [6.07, 6.45) is -4.32. The molecule has 6 heteroatoms. The second kappa shape index (κ2) is 5.66. The summed E-state index contributed by atoms with van der Waals surface area (Å²) in [5, 5.41) is 0.759. The smallest absolute Gasteiger partial charge is 0.401 e. The van der Waals surface area contributed by atoms with Crippen molar-refractivity contribution >= 4 is 16.8 Å². The van der Waals surface area contributed by atoms with Crippen LogP contribution in [0.4, 0.5) is 13.2 Å². The Morgan fingerprint density at radius 2 is 2.00 bits per heavy atom. The number of benzene rings is 1. The van der Waals surface area contributed by atoms with Crippen LogP contribution in [0.2, 0.25) is 0 Å². The Labute approximate surface area is 114 Å². The van der Waals surface area contributed by atoms with Crippen molar-refractivity contribution in [2.45, 2.75) is 13.1 Å². The summed E-state index contributed by atoms with van der Waals surface area (Å²) in [7, 11) is 0. The van der Waals surface area contributed by atoms with Crippen molar-refractivity contribution in [2.75, 3.05) is 19.6 Å². The molecule has 0 spiro atoms. The molecule has 0 aliphatic rings. The van der Waals surface area contributed by atoms with Crippen molar-refractivity contribution in [3.05, 3.63) is 36.1 Å². The lowest BCUT2D eigenvalue weighted by Crippen LogP contribution is -2.37. The first-order chi connectivity index (χ1) is 9.39. The lowest BCUT2D eigenvalue weighted by molar-refractivity contribution is -0.144. The quantitative estimate of drug-likeness (QED) is 0.788. The van der Waals surface area contributed by atoms with E-state index in [0.717, 1.165) is 10.3 Å². The van der Waals surface area contributed by atoms with Gasteiger partial charge in [-0.2, -0.15) is 13.2 Å². The number of halogens is 3. The Morgan fingerprint density at radius 1 is 1.30 bits per heavy atom. The van der Waals surface area contributed by atoms with Crippen molar-refractivity contribution in [3.8, 4) is 0 Å². The van der Waals surface area contributed by atoms with Gasteiger partial charge < -0.3 is 4.42 Å². The average molecular weight is 285 g/mol. The molecule has 0 saturated carbocycles. The third-order valence-corrected chi connectivity index (χ3v) is 2.92. The molecule has 0 unspecified atom stereocenters. The number of hydrogen-bond acceptors (Lipinski definition) is 3.